The van der Waals surface area contributed by atoms with Crippen molar-refractivity contribution in [1.29, 1.82) is 0 Å². The van der Waals surface area contributed by atoms with E-state index in [0.717, 1.165) is 11.8 Å². The predicted octanol–water partition coefficient (Wildman–Crippen LogP) is 3.86. The van der Waals surface area contributed by atoms with E-state index in [1.54, 1.807) is 13.0 Å². The number of fused-ring (bicyclic) bond motifs is 1. The molecule has 7 nitrogen and oxygen atoms in total. The first-order valence-electron chi connectivity index (χ1n) is 10.8. The SMILES string of the molecule is Cc1c(Sc2cccc(C(=O)O)c2F)c2ccc(Cl)c(F)c2n1CC(=O)N1C[C@H](O)[C@@H](N(C)C)C1. The van der Waals surface area contributed by atoms with Crippen LogP contribution in [0.5, 0.6) is 0 Å². The molecule has 35 heavy (non-hydrogen) atoms. The third kappa shape index (κ3) is 4.63. The van der Waals surface area contributed by atoms with E-state index in [-0.39, 0.29) is 40.5 Å². The summed E-state index contributed by atoms with van der Waals surface area (Å²) in [6.07, 6.45) is -0.696. The van der Waals surface area contributed by atoms with E-state index in [2.05, 4.69) is 0 Å². The van der Waals surface area contributed by atoms with E-state index < -0.39 is 29.3 Å². The number of carboxylic acid groups (broad SMARTS) is 1. The molecule has 1 aliphatic heterocycles. The number of aliphatic hydroxyl groups is 1. The lowest BCUT2D eigenvalue weighted by Gasteiger charge is -2.22. The Morgan fingerprint density at radius 2 is 1.89 bits per heavy atom. The molecule has 0 saturated carbocycles. The summed E-state index contributed by atoms with van der Waals surface area (Å²) < 4.78 is 31.6. The van der Waals surface area contributed by atoms with Gasteiger partial charge < -0.3 is 24.6 Å². The molecule has 0 aliphatic carbocycles. The van der Waals surface area contributed by atoms with Crippen LogP contribution in [-0.2, 0) is 11.3 Å². The van der Waals surface area contributed by atoms with E-state index in [0.29, 0.717) is 22.5 Å². The molecule has 3 aromatic rings. The number of nitrogens with zero attached hydrogens (tertiary/aromatic N) is 3. The molecule has 0 unspecified atom stereocenters. The molecule has 1 aromatic heterocycles. The normalized spacial score (nSPS) is 18.1. The third-order valence-corrected chi connectivity index (χ3v) is 7.84. The molecule has 2 heterocycles. The van der Waals surface area contributed by atoms with Crippen LogP contribution in [0.3, 0.4) is 0 Å². The van der Waals surface area contributed by atoms with Gasteiger partial charge in [0.2, 0.25) is 5.91 Å². The van der Waals surface area contributed by atoms with Gasteiger partial charge in [-0.1, -0.05) is 29.4 Å². The standard InChI is InChI=1S/C24H24ClF2N3O4S/c1-12-23(35-18-6-4-5-13(20(18)26)24(33)34)14-7-8-15(25)21(27)22(14)30(12)11-19(32)29-9-16(28(2)3)17(31)10-29/h4-8,16-17,31H,9-11H2,1-3H3,(H,33,34)/t16-,17-/m0/s1. The number of carbonyl (C=O) groups is 2. The van der Waals surface area contributed by atoms with Crippen LogP contribution in [0.25, 0.3) is 10.9 Å². The molecule has 2 atom stereocenters. The Labute approximate surface area is 209 Å². The maximum absolute atomic E-state index is 15.2. The number of hydrogen-bond donors (Lipinski definition) is 2. The highest BCUT2D eigenvalue weighted by Gasteiger charge is 2.35. The van der Waals surface area contributed by atoms with Gasteiger partial charge in [0.1, 0.15) is 6.54 Å². The van der Waals surface area contributed by atoms with Crippen molar-refractivity contribution in [3.63, 3.8) is 0 Å². The number of carbonyl (C=O) groups excluding carboxylic acids is 1. The van der Waals surface area contributed by atoms with Crippen molar-refractivity contribution in [1.82, 2.24) is 14.4 Å². The summed E-state index contributed by atoms with van der Waals surface area (Å²) in [5.41, 5.74) is 0.136. The number of amides is 1. The number of likely N-dealkylation sites (N-methyl/N-ethyl adjacent to an activating group) is 1. The van der Waals surface area contributed by atoms with E-state index in [4.69, 9.17) is 11.6 Å². The molecule has 2 aromatic carbocycles. The Bertz CT molecular complexity index is 1330. The fourth-order valence-electron chi connectivity index (χ4n) is 4.38. The van der Waals surface area contributed by atoms with Gasteiger partial charge in [-0.05, 0) is 45.3 Å². The zero-order chi connectivity index (χ0) is 25.6. The number of benzene rings is 2. The van der Waals surface area contributed by atoms with Gasteiger partial charge in [0.15, 0.2) is 11.6 Å². The molecular formula is C24H24ClF2N3O4S. The molecular weight excluding hydrogens is 500 g/mol. The molecule has 186 valence electrons. The second-order valence-electron chi connectivity index (χ2n) is 8.68. The highest BCUT2D eigenvalue weighted by molar-refractivity contribution is 7.99. The van der Waals surface area contributed by atoms with Gasteiger partial charge in [0, 0.05) is 34.0 Å². The molecule has 2 N–H and O–H groups in total. The predicted molar refractivity (Wildman–Crippen MR) is 129 cm³/mol. The lowest BCUT2D eigenvalue weighted by molar-refractivity contribution is -0.131. The molecule has 0 spiro atoms. The Morgan fingerprint density at radius 3 is 2.51 bits per heavy atom. The van der Waals surface area contributed by atoms with Gasteiger partial charge in [-0.25, -0.2) is 13.6 Å². The van der Waals surface area contributed by atoms with Crippen molar-refractivity contribution < 1.29 is 28.6 Å². The van der Waals surface area contributed by atoms with Crippen LogP contribution in [0.1, 0.15) is 16.1 Å². The van der Waals surface area contributed by atoms with Crippen molar-refractivity contribution in [2.45, 2.75) is 35.4 Å². The molecule has 1 aliphatic rings. The lowest BCUT2D eigenvalue weighted by Crippen LogP contribution is -2.38. The summed E-state index contributed by atoms with van der Waals surface area (Å²) in [4.78, 5) is 28.4. The van der Waals surface area contributed by atoms with Crippen molar-refractivity contribution in [2.75, 3.05) is 27.2 Å². The number of aromatic carboxylic acids is 1. The van der Waals surface area contributed by atoms with Crippen LogP contribution in [0.4, 0.5) is 8.78 Å². The van der Waals surface area contributed by atoms with Gasteiger partial charge in [-0.2, -0.15) is 0 Å². The maximum Gasteiger partial charge on any atom is 0.338 e. The zero-order valence-corrected chi connectivity index (χ0v) is 20.8. The monoisotopic (exact) mass is 523 g/mol. The Morgan fingerprint density at radius 1 is 1.17 bits per heavy atom. The molecule has 1 saturated heterocycles. The quantitative estimate of drug-likeness (QED) is 0.510. The highest BCUT2D eigenvalue weighted by atomic mass is 35.5. The van der Waals surface area contributed by atoms with E-state index in [9.17, 15) is 24.2 Å². The van der Waals surface area contributed by atoms with Crippen LogP contribution in [-0.4, -0.2) is 75.8 Å². The number of aromatic nitrogens is 1. The third-order valence-electron chi connectivity index (χ3n) is 6.29. The first kappa shape index (κ1) is 25.4. The van der Waals surface area contributed by atoms with Crippen molar-refractivity contribution in [3.05, 3.63) is 58.2 Å². The van der Waals surface area contributed by atoms with E-state index in [1.807, 2.05) is 19.0 Å². The second kappa shape index (κ2) is 9.77. The summed E-state index contributed by atoms with van der Waals surface area (Å²) in [6, 6.07) is 6.82. The number of β-amino-alcohol motifs (C(OH)–C–C–N with tert-alkyl or cyclic N) is 1. The number of aliphatic hydroxyl groups excluding tert-OH is 1. The van der Waals surface area contributed by atoms with Crippen LogP contribution >= 0.6 is 23.4 Å². The minimum atomic E-state index is -1.39. The van der Waals surface area contributed by atoms with Gasteiger partial charge in [-0.3, -0.25) is 4.79 Å². The van der Waals surface area contributed by atoms with Crippen LogP contribution in [0, 0.1) is 18.6 Å². The number of halogens is 3. The number of hydrogen-bond acceptors (Lipinski definition) is 5. The van der Waals surface area contributed by atoms with Crippen LogP contribution < -0.4 is 0 Å². The fourth-order valence-corrected chi connectivity index (χ4v) is 5.63. The smallest absolute Gasteiger partial charge is 0.338 e. The Balaban J connectivity index is 1.75. The van der Waals surface area contributed by atoms with Gasteiger partial charge in [-0.15, -0.1) is 0 Å². The van der Waals surface area contributed by atoms with Crippen molar-refractivity contribution >= 4 is 46.1 Å². The fraction of sp³-hybridized carbons (Fsp3) is 0.333. The largest absolute Gasteiger partial charge is 0.478 e. The summed E-state index contributed by atoms with van der Waals surface area (Å²) >= 11 is 7.01. The molecule has 4 rings (SSSR count). The average Bonchev–Trinajstić information content (AvgIpc) is 3.31. The molecule has 0 bridgehead atoms. The summed E-state index contributed by atoms with van der Waals surface area (Å²) in [5.74, 6) is -3.30. The second-order valence-corrected chi connectivity index (χ2v) is 10.1. The van der Waals surface area contributed by atoms with Crippen molar-refractivity contribution in [3.8, 4) is 0 Å². The minimum Gasteiger partial charge on any atom is -0.478 e. The molecule has 1 amide bonds. The number of carboxylic acids is 1. The van der Waals surface area contributed by atoms with Crippen LogP contribution in [0.2, 0.25) is 5.02 Å². The molecule has 11 heteroatoms. The first-order chi connectivity index (χ1) is 16.5. The summed E-state index contributed by atoms with van der Waals surface area (Å²) in [7, 11) is 3.65. The van der Waals surface area contributed by atoms with Gasteiger partial charge in [0.05, 0.1) is 28.2 Å². The molecule has 1 fully saturated rings. The summed E-state index contributed by atoms with van der Waals surface area (Å²) in [5, 5.41) is 19.9. The first-order valence-corrected chi connectivity index (χ1v) is 12.0. The van der Waals surface area contributed by atoms with Crippen molar-refractivity contribution in [2.24, 2.45) is 0 Å². The van der Waals surface area contributed by atoms with E-state index >= 15 is 4.39 Å². The van der Waals surface area contributed by atoms with E-state index in [1.165, 1.54) is 33.7 Å². The minimum absolute atomic E-state index is 0.0604. The highest BCUT2D eigenvalue weighted by Crippen LogP contribution is 2.41. The Kier molecular flexibility index (Phi) is 7.10. The zero-order valence-electron chi connectivity index (χ0n) is 19.3. The summed E-state index contributed by atoms with van der Waals surface area (Å²) in [6.45, 7) is 1.98. The average molecular weight is 524 g/mol. The Hall–Kier alpha value is -2.66. The number of rotatable bonds is 6. The molecule has 0 radical (unpaired) electrons. The van der Waals surface area contributed by atoms with Crippen LogP contribution in [0.15, 0.2) is 40.1 Å². The number of likely N-dealkylation sites (tertiary alicyclic amines) is 1. The maximum atomic E-state index is 15.2. The van der Waals surface area contributed by atoms with Gasteiger partial charge in [0.25, 0.3) is 0 Å². The lowest BCUT2D eigenvalue weighted by atomic mass is 10.2. The van der Waals surface area contributed by atoms with Gasteiger partial charge >= 0.3 is 5.97 Å². The topological polar surface area (TPSA) is 86.0 Å².